The zero-order valence-electron chi connectivity index (χ0n) is 14.3. The molecule has 1 aromatic carbocycles. The van der Waals surface area contributed by atoms with Crippen LogP contribution in [0.1, 0.15) is 35.8 Å². The summed E-state index contributed by atoms with van der Waals surface area (Å²) in [6, 6.07) is 7.61. The van der Waals surface area contributed by atoms with E-state index in [1.54, 1.807) is 19.4 Å². The molecule has 0 radical (unpaired) electrons. The predicted molar refractivity (Wildman–Crippen MR) is 91.7 cm³/mol. The van der Waals surface area contributed by atoms with Crippen LogP contribution in [-0.4, -0.2) is 28.6 Å². The Hall–Kier alpha value is -2.85. The van der Waals surface area contributed by atoms with E-state index in [9.17, 15) is 10.1 Å². The average Bonchev–Trinajstić information content (AvgIpc) is 3.06. The molecule has 1 aromatic heterocycles. The summed E-state index contributed by atoms with van der Waals surface area (Å²) < 4.78 is 7.10. The average molecular weight is 339 g/mol. The molecule has 2 aromatic rings. The summed E-state index contributed by atoms with van der Waals surface area (Å²) in [6.07, 6.45) is 4.83. The summed E-state index contributed by atoms with van der Waals surface area (Å²) in [6.45, 7) is 0.597. The van der Waals surface area contributed by atoms with Gasteiger partial charge in [0, 0.05) is 38.4 Å². The number of ether oxygens (including phenoxy) is 1. The second kappa shape index (κ2) is 7.36. The summed E-state index contributed by atoms with van der Waals surface area (Å²) in [5, 5.41) is 15.7. The molecule has 1 fully saturated rings. The van der Waals surface area contributed by atoms with Crippen LogP contribution in [0, 0.1) is 11.3 Å². The van der Waals surface area contributed by atoms with Crippen molar-refractivity contribution in [3.05, 3.63) is 47.5 Å². The van der Waals surface area contributed by atoms with Crippen molar-refractivity contribution >= 4 is 5.91 Å². The highest BCUT2D eigenvalue weighted by Crippen LogP contribution is 2.24. The first-order chi connectivity index (χ1) is 12.1. The van der Waals surface area contributed by atoms with Crippen molar-refractivity contribution in [2.45, 2.75) is 31.5 Å². The van der Waals surface area contributed by atoms with Gasteiger partial charge in [0.2, 0.25) is 5.91 Å². The number of aromatic nitrogens is 2. The number of nitrogens with one attached hydrogen (secondary N) is 2. The summed E-state index contributed by atoms with van der Waals surface area (Å²) >= 11 is 0. The van der Waals surface area contributed by atoms with Crippen LogP contribution in [0.4, 0.5) is 0 Å². The second-order valence-corrected chi connectivity index (χ2v) is 6.11. The molecule has 2 heterocycles. The van der Waals surface area contributed by atoms with E-state index in [1.165, 1.54) is 0 Å². The zero-order valence-corrected chi connectivity index (χ0v) is 14.3. The minimum atomic E-state index is -0.171. The van der Waals surface area contributed by atoms with Gasteiger partial charge in [-0.25, -0.2) is 4.98 Å². The fourth-order valence-corrected chi connectivity index (χ4v) is 3.14. The van der Waals surface area contributed by atoms with Crippen LogP contribution in [0.5, 0.6) is 5.75 Å². The van der Waals surface area contributed by atoms with Gasteiger partial charge >= 0.3 is 0 Å². The number of imidazole rings is 1. The summed E-state index contributed by atoms with van der Waals surface area (Å²) in [5.41, 5.74) is 1.51. The monoisotopic (exact) mass is 339 g/mol. The van der Waals surface area contributed by atoms with Gasteiger partial charge in [-0.05, 0) is 24.1 Å². The minimum Gasteiger partial charge on any atom is -0.495 e. The number of nitrogens with zero attached hydrogens (tertiary/aromatic N) is 3. The van der Waals surface area contributed by atoms with Crippen molar-refractivity contribution in [3.8, 4) is 11.8 Å². The Bertz CT molecular complexity index is 808. The van der Waals surface area contributed by atoms with Gasteiger partial charge in [-0.3, -0.25) is 4.79 Å². The molecule has 0 saturated carbocycles. The number of carbonyl (C=O) groups is 1. The number of amides is 1. The maximum atomic E-state index is 11.8. The second-order valence-electron chi connectivity index (χ2n) is 6.11. The van der Waals surface area contributed by atoms with Gasteiger partial charge < -0.3 is 19.9 Å². The van der Waals surface area contributed by atoms with Crippen molar-refractivity contribution in [3.63, 3.8) is 0 Å². The molecular weight excluding hydrogens is 318 g/mol. The van der Waals surface area contributed by atoms with Crippen LogP contribution >= 0.6 is 0 Å². The molecule has 0 bridgehead atoms. The van der Waals surface area contributed by atoms with Crippen LogP contribution in [-0.2, 0) is 18.4 Å². The SMILES string of the molecule is COc1ccc(CN[C@@H]2CCC(=O)N[C@H]2c2nccn2C)cc1C#N. The number of methoxy groups -OCH3 is 1. The summed E-state index contributed by atoms with van der Waals surface area (Å²) in [7, 11) is 3.47. The van der Waals surface area contributed by atoms with Crippen molar-refractivity contribution < 1.29 is 9.53 Å². The number of benzene rings is 1. The van der Waals surface area contributed by atoms with E-state index in [-0.39, 0.29) is 18.0 Å². The van der Waals surface area contributed by atoms with Crippen LogP contribution in [0.3, 0.4) is 0 Å². The van der Waals surface area contributed by atoms with E-state index >= 15 is 0 Å². The maximum Gasteiger partial charge on any atom is 0.220 e. The maximum absolute atomic E-state index is 11.8. The molecule has 7 nitrogen and oxygen atoms in total. The lowest BCUT2D eigenvalue weighted by atomic mass is 9.96. The first-order valence-electron chi connectivity index (χ1n) is 8.19. The molecule has 1 aliphatic rings. The van der Waals surface area contributed by atoms with Crippen LogP contribution in [0.25, 0.3) is 0 Å². The summed E-state index contributed by atoms with van der Waals surface area (Å²) in [5.74, 6) is 1.45. The Labute approximate surface area is 146 Å². The molecule has 2 atom stereocenters. The van der Waals surface area contributed by atoms with Crippen molar-refractivity contribution in [1.82, 2.24) is 20.2 Å². The Morgan fingerprint density at radius 2 is 2.36 bits per heavy atom. The molecule has 7 heteroatoms. The highest BCUT2D eigenvalue weighted by atomic mass is 16.5. The molecule has 0 spiro atoms. The summed E-state index contributed by atoms with van der Waals surface area (Å²) in [4.78, 5) is 16.2. The topological polar surface area (TPSA) is 92.0 Å². The molecule has 25 heavy (non-hydrogen) atoms. The van der Waals surface area contributed by atoms with Gasteiger partial charge in [0.15, 0.2) is 0 Å². The lowest BCUT2D eigenvalue weighted by molar-refractivity contribution is -0.124. The number of hydrogen-bond donors (Lipinski definition) is 2. The highest BCUT2D eigenvalue weighted by molar-refractivity contribution is 5.77. The Kier molecular flexibility index (Phi) is 5.00. The van der Waals surface area contributed by atoms with Gasteiger partial charge in [-0.1, -0.05) is 6.07 Å². The van der Waals surface area contributed by atoms with Crippen molar-refractivity contribution in [1.29, 1.82) is 5.26 Å². The molecule has 3 rings (SSSR count). The number of hydrogen-bond acceptors (Lipinski definition) is 5. The van der Waals surface area contributed by atoms with Gasteiger partial charge in [0.25, 0.3) is 0 Å². The van der Waals surface area contributed by atoms with Crippen LogP contribution in [0.2, 0.25) is 0 Å². The van der Waals surface area contributed by atoms with Gasteiger partial charge in [-0.2, -0.15) is 5.26 Å². The lowest BCUT2D eigenvalue weighted by Gasteiger charge is -2.32. The number of carbonyl (C=O) groups excluding carboxylic acids is 1. The fraction of sp³-hybridized carbons (Fsp3) is 0.389. The first kappa shape index (κ1) is 17.0. The Morgan fingerprint density at radius 1 is 1.52 bits per heavy atom. The van der Waals surface area contributed by atoms with Crippen molar-refractivity contribution in [2.75, 3.05) is 7.11 Å². The van der Waals surface area contributed by atoms with E-state index in [2.05, 4.69) is 21.7 Å². The molecule has 0 aliphatic carbocycles. The van der Waals surface area contributed by atoms with E-state index in [4.69, 9.17) is 4.74 Å². The molecule has 130 valence electrons. The molecule has 1 amide bonds. The minimum absolute atomic E-state index is 0.0438. The fourth-order valence-electron chi connectivity index (χ4n) is 3.14. The molecular formula is C18H21N5O2. The zero-order chi connectivity index (χ0) is 17.8. The molecule has 1 saturated heterocycles. The van der Waals surface area contributed by atoms with Crippen molar-refractivity contribution in [2.24, 2.45) is 7.05 Å². The van der Waals surface area contributed by atoms with Crippen LogP contribution in [0.15, 0.2) is 30.6 Å². The van der Waals surface area contributed by atoms with E-state index in [0.29, 0.717) is 24.3 Å². The molecule has 1 aliphatic heterocycles. The number of nitriles is 1. The highest BCUT2D eigenvalue weighted by Gasteiger charge is 2.31. The van der Waals surface area contributed by atoms with E-state index < -0.39 is 0 Å². The van der Waals surface area contributed by atoms with Gasteiger partial charge in [0.05, 0.1) is 12.7 Å². The number of rotatable bonds is 5. The lowest BCUT2D eigenvalue weighted by Crippen LogP contribution is -2.49. The predicted octanol–water partition coefficient (Wildman–Crippen LogP) is 1.41. The third kappa shape index (κ3) is 3.64. The van der Waals surface area contributed by atoms with Gasteiger partial charge in [0.1, 0.15) is 23.7 Å². The Morgan fingerprint density at radius 3 is 3.04 bits per heavy atom. The first-order valence-corrected chi connectivity index (χ1v) is 8.19. The number of aryl methyl sites for hydroxylation is 1. The smallest absolute Gasteiger partial charge is 0.220 e. The van der Waals surface area contributed by atoms with E-state index in [0.717, 1.165) is 17.8 Å². The third-order valence-corrected chi connectivity index (χ3v) is 4.49. The Balaban J connectivity index is 1.74. The van der Waals surface area contributed by atoms with Crippen LogP contribution < -0.4 is 15.4 Å². The van der Waals surface area contributed by atoms with E-state index in [1.807, 2.05) is 29.9 Å². The third-order valence-electron chi connectivity index (χ3n) is 4.49. The quantitative estimate of drug-likeness (QED) is 0.859. The normalized spacial score (nSPS) is 20.0. The largest absolute Gasteiger partial charge is 0.495 e. The van der Waals surface area contributed by atoms with Gasteiger partial charge in [-0.15, -0.1) is 0 Å². The standard InChI is InChI=1S/C18H21N5O2/c1-23-8-7-20-18(23)17-14(4-6-16(24)22-17)21-11-12-3-5-15(25-2)13(9-12)10-19/h3,5,7-9,14,17,21H,4,6,11H2,1-2H3,(H,22,24)/t14-,17-/m1/s1. The number of piperidine rings is 1. The molecule has 0 unspecified atom stereocenters. The molecule has 2 N–H and O–H groups in total.